The van der Waals surface area contributed by atoms with Gasteiger partial charge in [0.15, 0.2) is 0 Å². The van der Waals surface area contributed by atoms with E-state index in [1.165, 1.54) is 0 Å². The molecule has 15 heavy (non-hydrogen) atoms. The summed E-state index contributed by atoms with van der Waals surface area (Å²) in [4.78, 5) is 22.0. The second-order valence-electron chi connectivity index (χ2n) is 3.26. The van der Waals surface area contributed by atoms with E-state index in [2.05, 4.69) is 0 Å². The molecular formula is C12H14O3. The molecule has 0 saturated heterocycles. The van der Waals surface area contributed by atoms with Crippen LogP contribution >= 0.6 is 0 Å². The van der Waals surface area contributed by atoms with Crippen LogP contribution in [-0.4, -0.2) is 18.9 Å². The summed E-state index contributed by atoms with van der Waals surface area (Å²) < 4.78 is 4.90. The number of benzene rings is 1. The Balaban J connectivity index is 2.85. The molecule has 0 aliphatic heterocycles. The highest BCUT2D eigenvalue weighted by Gasteiger charge is 2.16. The van der Waals surface area contributed by atoms with Crippen molar-refractivity contribution in [1.82, 2.24) is 0 Å². The molecule has 0 N–H and O–H groups in total. The van der Waals surface area contributed by atoms with Crippen molar-refractivity contribution in [2.75, 3.05) is 6.61 Å². The molecule has 3 nitrogen and oxygen atoms in total. The van der Waals surface area contributed by atoms with Gasteiger partial charge in [-0.2, -0.15) is 0 Å². The second-order valence-corrected chi connectivity index (χ2v) is 3.26. The van der Waals surface area contributed by atoms with Crippen molar-refractivity contribution >= 4 is 12.3 Å². The van der Waals surface area contributed by atoms with Crippen LogP contribution < -0.4 is 0 Å². The van der Waals surface area contributed by atoms with Crippen LogP contribution in [0.15, 0.2) is 24.3 Å². The molecule has 0 aliphatic carbocycles. The molecule has 1 aromatic rings. The molecular weight excluding hydrogens is 192 g/mol. The number of hydrogen-bond donors (Lipinski definition) is 0. The lowest BCUT2D eigenvalue weighted by molar-refractivity contribution is -0.144. The Morgan fingerprint density at radius 2 is 2.27 bits per heavy atom. The van der Waals surface area contributed by atoms with Crippen molar-refractivity contribution in [2.24, 2.45) is 0 Å². The number of aldehydes is 1. The van der Waals surface area contributed by atoms with Gasteiger partial charge in [0.25, 0.3) is 0 Å². The largest absolute Gasteiger partial charge is 0.466 e. The molecule has 80 valence electrons. The highest BCUT2D eigenvalue weighted by Crippen LogP contribution is 2.17. The zero-order valence-corrected chi connectivity index (χ0v) is 8.90. The third-order valence-corrected chi connectivity index (χ3v) is 2.19. The maximum atomic E-state index is 11.4. The van der Waals surface area contributed by atoms with Crippen LogP contribution in [0.5, 0.6) is 0 Å². The van der Waals surface area contributed by atoms with Crippen molar-refractivity contribution in [1.29, 1.82) is 0 Å². The molecule has 0 bridgehead atoms. The first kappa shape index (κ1) is 11.4. The average Bonchev–Trinajstić information content (AvgIpc) is 2.28. The first-order valence-corrected chi connectivity index (χ1v) is 4.90. The quantitative estimate of drug-likeness (QED) is 0.560. The van der Waals surface area contributed by atoms with Crippen molar-refractivity contribution in [2.45, 2.75) is 19.8 Å². The molecule has 0 aliphatic rings. The SMILES string of the molecule is CCOC(=O)C(C)c1cccc(C=O)c1. The van der Waals surface area contributed by atoms with E-state index < -0.39 is 0 Å². The predicted molar refractivity (Wildman–Crippen MR) is 56.9 cm³/mol. The van der Waals surface area contributed by atoms with Crippen LogP contribution in [-0.2, 0) is 9.53 Å². The molecule has 0 fully saturated rings. The van der Waals surface area contributed by atoms with E-state index >= 15 is 0 Å². The fourth-order valence-electron chi connectivity index (χ4n) is 1.30. The Kier molecular flexibility index (Phi) is 4.03. The highest BCUT2D eigenvalue weighted by molar-refractivity contribution is 5.80. The minimum absolute atomic E-state index is 0.263. The molecule has 0 radical (unpaired) electrons. The standard InChI is InChI=1S/C12H14O3/c1-3-15-12(14)9(2)11-6-4-5-10(7-11)8-13/h4-9H,3H2,1-2H3. The van der Waals surface area contributed by atoms with Crippen LogP contribution in [0.3, 0.4) is 0 Å². The first-order chi connectivity index (χ1) is 7.19. The number of hydrogen-bond acceptors (Lipinski definition) is 3. The lowest BCUT2D eigenvalue weighted by Gasteiger charge is -2.10. The first-order valence-electron chi connectivity index (χ1n) is 4.90. The van der Waals surface area contributed by atoms with Gasteiger partial charge in [-0.25, -0.2) is 0 Å². The fourth-order valence-corrected chi connectivity index (χ4v) is 1.30. The summed E-state index contributed by atoms with van der Waals surface area (Å²) in [5.74, 6) is -0.592. The summed E-state index contributed by atoms with van der Waals surface area (Å²) in [7, 11) is 0. The van der Waals surface area contributed by atoms with Gasteiger partial charge >= 0.3 is 5.97 Å². The van der Waals surface area contributed by atoms with Gasteiger partial charge in [-0.05, 0) is 25.5 Å². The van der Waals surface area contributed by atoms with Gasteiger partial charge in [-0.15, -0.1) is 0 Å². The Hall–Kier alpha value is -1.64. The number of carbonyl (C=O) groups excluding carboxylic acids is 2. The summed E-state index contributed by atoms with van der Waals surface area (Å²) in [5, 5.41) is 0. The Morgan fingerprint density at radius 3 is 2.87 bits per heavy atom. The number of esters is 1. The van der Waals surface area contributed by atoms with Crippen LogP contribution in [0.1, 0.15) is 35.7 Å². The average molecular weight is 206 g/mol. The normalized spacial score (nSPS) is 11.9. The summed E-state index contributed by atoms with van der Waals surface area (Å²) in [5.41, 5.74) is 1.38. The zero-order chi connectivity index (χ0) is 11.3. The predicted octanol–water partition coefficient (Wildman–Crippen LogP) is 2.17. The van der Waals surface area contributed by atoms with Crippen LogP contribution in [0.4, 0.5) is 0 Å². The molecule has 0 heterocycles. The molecule has 0 aromatic heterocycles. The van der Waals surface area contributed by atoms with Gasteiger partial charge < -0.3 is 4.74 Å². The highest BCUT2D eigenvalue weighted by atomic mass is 16.5. The number of rotatable bonds is 4. The summed E-state index contributed by atoms with van der Waals surface area (Å²) >= 11 is 0. The third-order valence-electron chi connectivity index (χ3n) is 2.19. The fraction of sp³-hybridized carbons (Fsp3) is 0.333. The number of carbonyl (C=O) groups is 2. The Morgan fingerprint density at radius 1 is 1.53 bits per heavy atom. The molecule has 1 unspecified atom stereocenters. The summed E-state index contributed by atoms with van der Waals surface area (Å²) in [6.07, 6.45) is 0.765. The maximum absolute atomic E-state index is 11.4. The Labute approximate surface area is 89.1 Å². The van der Waals surface area contributed by atoms with E-state index in [1.807, 2.05) is 6.07 Å². The van der Waals surface area contributed by atoms with E-state index in [0.717, 1.165) is 11.8 Å². The van der Waals surface area contributed by atoms with Crippen LogP contribution in [0, 0.1) is 0 Å². The van der Waals surface area contributed by atoms with E-state index in [9.17, 15) is 9.59 Å². The zero-order valence-electron chi connectivity index (χ0n) is 8.90. The molecule has 0 amide bonds. The molecule has 3 heteroatoms. The number of ether oxygens (including phenoxy) is 1. The monoisotopic (exact) mass is 206 g/mol. The van der Waals surface area contributed by atoms with Crippen LogP contribution in [0.25, 0.3) is 0 Å². The lowest BCUT2D eigenvalue weighted by atomic mass is 9.99. The van der Waals surface area contributed by atoms with Gasteiger partial charge in [0, 0.05) is 5.56 Å². The maximum Gasteiger partial charge on any atom is 0.313 e. The molecule has 1 atom stereocenters. The van der Waals surface area contributed by atoms with Crippen molar-refractivity contribution in [3.8, 4) is 0 Å². The van der Waals surface area contributed by atoms with Gasteiger partial charge in [-0.1, -0.05) is 18.2 Å². The summed E-state index contributed by atoms with van der Waals surface area (Å²) in [6.45, 7) is 3.91. The van der Waals surface area contributed by atoms with E-state index in [-0.39, 0.29) is 11.9 Å². The van der Waals surface area contributed by atoms with E-state index in [0.29, 0.717) is 12.2 Å². The topological polar surface area (TPSA) is 43.4 Å². The lowest BCUT2D eigenvalue weighted by Crippen LogP contribution is -2.13. The van der Waals surface area contributed by atoms with Gasteiger partial charge in [0.05, 0.1) is 12.5 Å². The second kappa shape index (κ2) is 5.29. The van der Waals surface area contributed by atoms with E-state index in [4.69, 9.17) is 4.74 Å². The minimum atomic E-state index is -0.329. The van der Waals surface area contributed by atoms with Crippen LogP contribution in [0.2, 0.25) is 0 Å². The smallest absolute Gasteiger partial charge is 0.313 e. The Bertz CT molecular complexity index is 358. The van der Waals surface area contributed by atoms with Crippen molar-refractivity contribution < 1.29 is 14.3 Å². The van der Waals surface area contributed by atoms with Crippen molar-refractivity contribution in [3.05, 3.63) is 35.4 Å². The summed E-state index contributed by atoms with van der Waals surface area (Å²) in [6, 6.07) is 6.98. The third kappa shape index (κ3) is 2.91. The molecule has 0 saturated carbocycles. The molecule has 0 spiro atoms. The van der Waals surface area contributed by atoms with Gasteiger partial charge in [0.2, 0.25) is 0 Å². The molecule has 1 aromatic carbocycles. The molecule has 1 rings (SSSR count). The minimum Gasteiger partial charge on any atom is -0.466 e. The van der Waals surface area contributed by atoms with Gasteiger partial charge in [-0.3, -0.25) is 9.59 Å². The van der Waals surface area contributed by atoms with Gasteiger partial charge in [0.1, 0.15) is 6.29 Å². The van der Waals surface area contributed by atoms with E-state index in [1.54, 1.807) is 32.0 Å². The van der Waals surface area contributed by atoms with Crippen molar-refractivity contribution in [3.63, 3.8) is 0 Å².